The standard InChI is InChI=1S/C11H15N3O2S/c1-7-5-9(15)8(6-14-7)11(16)13-4-2-3-10(12)17/h5-6H,2-4H2,1H3,(H2,12,17)(H,13,16)(H,14,15). The number of nitrogens with two attached hydrogens (primary N) is 1. The number of thiocarbonyl (C=S) groups is 1. The summed E-state index contributed by atoms with van der Waals surface area (Å²) in [7, 11) is 0. The van der Waals surface area contributed by atoms with Crippen molar-refractivity contribution in [2.75, 3.05) is 6.54 Å². The first kappa shape index (κ1) is 13.4. The molecule has 0 fully saturated rings. The number of pyridine rings is 1. The second-order valence-corrected chi connectivity index (χ2v) is 4.24. The van der Waals surface area contributed by atoms with Gasteiger partial charge in [-0.3, -0.25) is 9.59 Å². The van der Waals surface area contributed by atoms with Gasteiger partial charge in [0.15, 0.2) is 5.43 Å². The summed E-state index contributed by atoms with van der Waals surface area (Å²) in [6.45, 7) is 2.20. The van der Waals surface area contributed by atoms with E-state index in [1.165, 1.54) is 12.3 Å². The van der Waals surface area contributed by atoms with Gasteiger partial charge in [0.2, 0.25) is 0 Å². The number of carbonyl (C=O) groups excluding carboxylic acids is 1. The van der Waals surface area contributed by atoms with Crippen LogP contribution in [-0.2, 0) is 0 Å². The summed E-state index contributed by atoms with van der Waals surface area (Å²) < 4.78 is 0. The van der Waals surface area contributed by atoms with Crippen molar-refractivity contribution in [3.05, 3.63) is 33.7 Å². The van der Waals surface area contributed by atoms with Crippen LogP contribution in [0.1, 0.15) is 28.9 Å². The van der Waals surface area contributed by atoms with Gasteiger partial charge < -0.3 is 16.0 Å². The minimum absolute atomic E-state index is 0.117. The first-order valence-electron chi connectivity index (χ1n) is 5.26. The Morgan fingerprint density at radius 2 is 2.29 bits per heavy atom. The fraction of sp³-hybridized carbons (Fsp3) is 0.364. The molecule has 1 amide bonds. The SMILES string of the molecule is Cc1cc(=O)c(C(=O)NCCCC(N)=S)c[nH]1. The monoisotopic (exact) mass is 253 g/mol. The molecule has 0 spiro atoms. The molecule has 0 unspecified atom stereocenters. The van der Waals surface area contributed by atoms with Crippen molar-refractivity contribution in [1.29, 1.82) is 0 Å². The van der Waals surface area contributed by atoms with Gasteiger partial charge in [0.05, 0.1) is 4.99 Å². The molecular formula is C11H15N3O2S. The van der Waals surface area contributed by atoms with E-state index in [4.69, 9.17) is 18.0 Å². The van der Waals surface area contributed by atoms with Gasteiger partial charge in [-0.1, -0.05) is 12.2 Å². The van der Waals surface area contributed by atoms with Crippen molar-refractivity contribution >= 4 is 23.1 Å². The van der Waals surface area contributed by atoms with Crippen LogP contribution in [-0.4, -0.2) is 22.4 Å². The fourth-order valence-electron chi connectivity index (χ4n) is 1.31. The Labute approximate surface area is 104 Å². The quantitative estimate of drug-likeness (QED) is 0.526. The van der Waals surface area contributed by atoms with Gasteiger partial charge >= 0.3 is 0 Å². The van der Waals surface area contributed by atoms with E-state index < -0.39 is 0 Å². The summed E-state index contributed by atoms with van der Waals surface area (Å²) in [6, 6.07) is 1.39. The van der Waals surface area contributed by atoms with Crippen molar-refractivity contribution in [2.45, 2.75) is 19.8 Å². The van der Waals surface area contributed by atoms with E-state index in [1.807, 2.05) is 0 Å². The van der Waals surface area contributed by atoms with Crippen molar-refractivity contribution in [2.24, 2.45) is 5.73 Å². The number of rotatable bonds is 5. The summed E-state index contributed by atoms with van der Waals surface area (Å²) in [6.07, 6.45) is 2.67. The third-order valence-corrected chi connectivity index (χ3v) is 2.39. The van der Waals surface area contributed by atoms with Crippen LogP contribution in [0.25, 0.3) is 0 Å². The molecule has 17 heavy (non-hydrogen) atoms. The molecule has 1 heterocycles. The van der Waals surface area contributed by atoms with Crippen LogP contribution in [0, 0.1) is 6.92 Å². The number of aromatic nitrogens is 1. The topological polar surface area (TPSA) is 88.0 Å². The molecule has 6 heteroatoms. The predicted molar refractivity (Wildman–Crippen MR) is 70.2 cm³/mol. The number of aryl methyl sites for hydroxylation is 1. The van der Waals surface area contributed by atoms with Crippen LogP contribution < -0.4 is 16.5 Å². The van der Waals surface area contributed by atoms with Crippen molar-refractivity contribution in [3.63, 3.8) is 0 Å². The van der Waals surface area contributed by atoms with Gasteiger partial charge in [-0.2, -0.15) is 0 Å². The summed E-state index contributed by atoms with van der Waals surface area (Å²) in [5.41, 5.74) is 5.88. The maximum atomic E-state index is 11.6. The molecule has 0 aliphatic heterocycles. The lowest BCUT2D eigenvalue weighted by molar-refractivity contribution is 0.0952. The van der Waals surface area contributed by atoms with Gasteiger partial charge in [0.1, 0.15) is 5.56 Å². The molecule has 1 aromatic rings. The van der Waals surface area contributed by atoms with Crippen LogP contribution in [0.15, 0.2) is 17.1 Å². The van der Waals surface area contributed by atoms with E-state index in [2.05, 4.69) is 10.3 Å². The van der Waals surface area contributed by atoms with Gasteiger partial charge in [0.25, 0.3) is 5.91 Å². The summed E-state index contributed by atoms with van der Waals surface area (Å²) in [5, 5.41) is 2.64. The first-order chi connectivity index (χ1) is 8.00. The zero-order valence-electron chi connectivity index (χ0n) is 9.58. The highest BCUT2D eigenvalue weighted by atomic mass is 32.1. The predicted octanol–water partition coefficient (Wildman–Crippen LogP) is 0.479. The number of hydrogen-bond acceptors (Lipinski definition) is 3. The molecule has 0 saturated heterocycles. The molecular weight excluding hydrogens is 238 g/mol. The maximum Gasteiger partial charge on any atom is 0.256 e. The van der Waals surface area contributed by atoms with Crippen LogP contribution in [0.5, 0.6) is 0 Å². The average Bonchev–Trinajstić information content (AvgIpc) is 2.23. The van der Waals surface area contributed by atoms with Gasteiger partial charge in [-0.25, -0.2) is 0 Å². The maximum absolute atomic E-state index is 11.6. The van der Waals surface area contributed by atoms with E-state index in [-0.39, 0.29) is 16.9 Å². The summed E-state index contributed by atoms with van der Waals surface area (Å²) in [4.78, 5) is 26.4. The highest BCUT2D eigenvalue weighted by molar-refractivity contribution is 7.80. The molecule has 4 N–H and O–H groups in total. The normalized spacial score (nSPS) is 9.94. The Kier molecular flexibility index (Phi) is 4.84. The molecule has 0 aliphatic carbocycles. The minimum Gasteiger partial charge on any atom is -0.393 e. The molecule has 0 aliphatic rings. The van der Waals surface area contributed by atoms with Crippen LogP contribution in [0.4, 0.5) is 0 Å². The Bertz CT molecular complexity index is 482. The molecule has 0 atom stereocenters. The Morgan fingerprint density at radius 1 is 1.59 bits per heavy atom. The zero-order valence-corrected chi connectivity index (χ0v) is 10.4. The zero-order chi connectivity index (χ0) is 12.8. The van der Waals surface area contributed by atoms with E-state index in [0.29, 0.717) is 24.4 Å². The molecule has 0 bridgehead atoms. The Morgan fingerprint density at radius 3 is 2.88 bits per heavy atom. The van der Waals surface area contributed by atoms with Gasteiger partial charge in [-0.05, 0) is 19.8 Å². The van der Waals surface area contributed by atoms with Crippen molar-refractivity contribution in [3.8, 4) is 0 Å². The average molecular weight is 253 g/mol. The Hall–Kier alpha value is -1.69. The third kappa shape index (κ3) is 4.36. The van der Waals surface area contributed by atoms with Crippen LogP contribution >= 0.6 is 12.2 Å². The lowest BCUT2D eigenvalue weighted by Gasteiger charge is -2.04. The second kappa shape index (κ2) is 6.15. The number of H-pyrrole nitrogens is 1. The highest BCUT2D eigenvalue weighted by Crippen LogP contribution is 1.93. The molecule has 0 aromatic carbocycles. The number of carbonyl (C=O) groups is 1. The van der Waals surface area contributed by atoms with E-state index in [9.17, 15) is 9.59 Å². The minimum atomic E-state index is -0.380. The molecule has 0 radical (unpaired) electrons. The van der Waals surface area contributed by atoms with E-state index in [1.54, 1.807) is 6.92 Å². The number of nitrogens with one attached hydrogen (secondary N) is 2. The highest BCUT2D eigenvalue weighted by Gasteiger charge is 2.09. The van der Waals surface area contributed by atoms with E-state index in [0.717, 1.165) is 5.69 Å². The summed E-state index contributed by atoms with van der Waals surface area (Å²) >= 11 is 4.71. The number of hydrogen-bond donors (Lipinski definition) is 3. The molecule has 1 rings (SSSR count). The van der Waals surface area contributed by atoms with E-state index >= 15 is 0 Å². The molecule has 5 nitrogen and oxygen atoms in total. The lowest BCUT2D eigenvalue weighted by atomic mass is 10.2. The third-order valence-electron chi connectivity index (χ3n) is 2.19. The van der Waals surface area contributed by atoms with Gasteiger partial charge in [0, 0.05) is 24.5 Å². The first-order valence-corrected chi connectivity index (χ1v) is 5.67. The number of amides is 1. The second-order valence-electron chi connectivity index (χ2n) is 3.72. The molecule has 92 valence electrons. The Balaban J connectivity index is 2.53. The fourth-order valence-corrected chi connectivity index (χ4v) is 1.45. The van der Waals surface area contributed by atoms with Crippen molar-refractivity contribution in [1.82, 2.24) is 10.3 Å². The van der Waals surface area contributed by atoms with Crippen LogP contribution in [0.2, 0.25) is 0 Å². The van der Waals surface area contributed by atoms with Crippen LogP contribution in [0.3, 0.4) is 0 Å². The largest absolute Gasteiger partial charge is 0.393 e. The number of aromatic amines is 1. The molecule has 0 saturated carbocycles. The summed E-state index contributed by atoms with van der Waals surface area (Å²) in [5.74, 6) is -0.380. The lowest BCUT2D eigenvalue weighted by Crippen LogP contribution is -2.29. The van der Waals surface area contributed by atoms with Crippen molar-refractivity contribution < 1.29 is 4.79 Å². The van der Waals surface area contributed by atoms with Gasteiger partial charge in [-0.15, -0.1) is 0 Å². The molecule has 1 aromatic heterocycles. The smallest absolute Gasteiger partial charge is 0.256 e.